The van der Waals surface area contributed by atoms with Crippen LogP contribution in [0.25, 0.3) is 0 Å². The number of nitrogens with zero attached hydrogens (tertiary/aromatic N) is 2. The lowest BCUT2D eigenvalue weighted by atomic mass is 9.87. The minimum atomic E-state index is -0.191. The highest BCUT2D eigenvalue weighted by atomic mass is 19.1. The first-order chi connectivity index (χ1) is 15.2. The van der Waals surface area contributed by atoms with Gasteiger partial charge in [0.15, 0.2) is 0 Å². The van der Waals surface area contributed by atoms with Crippen molar-refractivity contribution in [3.63, 3.8) is 0 Å². The number of aromatic nitrogens is 1. The molecule has 0 saturated carbocycles. The Morgan fingerprint density at radius 3 is 2.45 bits per heavy atom. The zero-order valence-electron chi connectivity index (χ0n) is 17.6. The maximum Gasteiger partial charge on any atom is 0.224 e. The first-order valence-corrected chi connectivity index (χ1v) is 10.9. The number of nitrogens with one attached hydrogen (secondary N) is 1. The van der Waals surface area contributed by atoms with E-state index in [4.69, 9.17) is 0 Å². The number of piperidine rings is 1. The number of carbonyl (C=O) groups is 1. The molecule has 3 aromatic rings. The number of benzene rings is 2. The van der Waals surface area contributed by atoms with E-state index in [0.29, 0.717) is 12.3 Å². The van der Waals surface area contributed by atoms with Crippen molar-refractivity contribution in [3.8, 4) is 0 Å². The smallest absolute Gasteiger partial charge is 0.224 e. The molecule has 0 radical (unpaired) electrons. The quantitative estimate of drug-likeness (QED) is 0.614. The Bertz CT molecular complexity index is 972. The maximum absolute atomic E-state index is 13.5. The van der Waals surface area contributed by atoms with E-state index < -0.39 is 0 Å². The van der Waals surface area contributed by atoms with Gasteiger partial charge in [-0.05, 0) is 67.2 Å². The number of pyridine rings is 1. The maximum atomic E-state index is 13.5. The molecule has 0 bridgehead atoms. The summed E-state index contributed by atoms with van der Waals surface area (Å²) >= 11 is 0. The monoisotopic (exact) mass is 417 g/mol. The minimum absolute atomic E-state index is 0.0176. The van der Waals surface area contributed by atoms with Gasteiger partial charge in [0.05, 0.1) is 18.2 Å². The molecule has 31 heavy (non-hydrogen) atoms. The molecule has 4 rings (SSSR count). The van der Waals surface area contributed by atoms with E-state index in [1.165, 1.54) is 6.07 Å². The van der Waals surface area contributed by atoms with Crippen molar-refractivity contribution in [2.75, 3.05) is 13.1 Å². The summed E-state index contributed by atoms with van der Waals surface area (Å²) < 4.78 is 13.5. The number of amides is 1. The summed E-state index contributed by atoms with van der Waals surface area (Å²) in [6.07, 6.45) is 4.07. The van der Waals surface area contributed by atoms with Crippen LogP contribution in [0.3, 0.4) is 0 Å². The van der Waals surface area contributed by atoms with Crippen molar-refractivity contribution in [3.05, 3.63) is 102 Å². The summed E-state index contributed by atoms with van der Waals surface area (Å²) in [7, 11) is 0. The van der Waals surface area contributed by atoms with Crippen molar-refractivity contribution in [2.24, 2.45) is 5.92 Å². The zero-order valence-corrected chi connectivity index (χ0v) is 17.6. The highest BCUT2D eigenvalue weighted by Gasteiger charge is 2.29. The third kappa shape index (κ3) is 5.98. The summed E-state index contributed by atoms with van der Waals surface area (Å²) in [5.41, 5.74) is 2.91. The van der Waals surface area contributed by atoms with Gasteiger partial charge in [-0.1, -0.05) is 48.5 Å². The average molecular weight is 418 g/mol. The highest BCUT2D eigenvalue weighted by Crippen LogP contribution is 2.30. The molecular formula is C26H28FN3O. The van der Waals surface area contributed by atoms with Crippen LogP contribution in [-0.2, 0) is 17.8 Å². The predicted octanol–water partition coefficient (Wildman–Crippen LogP) is 4.53. The van der Waals surface area contributed by atoms with Crippen LogP contribution in [-0.4, -0.2) is 28.9 Å². The van der Waals surface area contributed by atoms with Crippen molar-refractivity contribution in [2.45, 2.75) is 31.8 Å². The van der Waals surface area contributed by atoms with Gasteiger partial charge in [-0.25, -0.2) is 4.39 Å². The van der Waals surface area contributed by atoms with Crippen LogP contribution < -0.4 is 5.32 Å². The van der Waals surface area contributed by atoms with Crippen molar-refractivity contribution < 1.29 is 9.18 Å². The molecule has 1 aromatic heterocycles. The largest absolute Gasteiger partial charge is 0.347 e. The van der Waals surface area contributed by atoms with Crippen molar-refractivity contribution in [1.82, 2.24) is 15.2 Å². The van der Waals surface area contributed by atoms with E-state index >= 15 is 0 Å². The molecule has 160 valence electrons. The summed E-state index contributed by atoms with van der Waals surface area (Å²) in [4.78, 5) is 19.7. The standard InChI is InChI=1S/C26H28FN3O/c27-23-10-6-9-21(17-23)19-30-15-12-22(13-16-30)26(24-11-4-5-14-28-24)29-25(31)18-20-7-2-1-3-8-20/h1-11,14,17,22,26H,12-13,15-16,18-19H2,(H,29,31)/t26-/m0/s1. The molecule has 2 aromatic carbocycles. The van der Waals surface area contributed by atoms with Crippen LogP contribution in [0.1, 0.15) is 35.7 Å². The first-order valence-electron chi connectivity index (χ1n) is 10.9. The summed E-state index contributed by atoms with van der Waals surface area (Å²) in [6, 6.07) is 22.4. The van der Waals surface area contributed by atoms with Gasteiger partial charge in [0.2, 0.25) is 5.91 Å². The second kappa shape index (κ2) is 10.3. The predicted molar refractivity (Wildman–Crippen MR) is 120 cm³/mol. The van der Waals surface area contributed by atoms with Gasteiger partial charge in [-0.3, -0.25) is 14.7 Å². The van der Waals surface area contributed by atoms with Crippen LogP contribution in [0.4, 0.5) is 4.39 Å². The van der Waals surface area contributed by atoms with Crippen LogP contribution in [0.5, 0.6) is 0 Å². The molecule has 1 atom stereocenters. The Kier molecular flexibility index (Phi) is 7.05. The molecule has 0 spiro atoms. The summed E-state index contributed by atoms with van der Waals surface area (Å²) in [6.45, 7) is 2.58. The Balaban J connectivity index is 1.40. The lowest BCUT2D eigenvalue weighted by Crippen LogP contribution is -2.41. The van der Waals surface area contributed by atoms with Crippen LogP contribution >= 0.6 is 0 Å². The van der Waals surface area contributed by atoms with Gasteiger partial charge in [0, 0.05) is 12.7 Å². The normalized spacial score (nSPS) is 16.0. The molecule has 1 amide bonds. The number of likely N-dealkylation sites (tertiary alicyclic amines) is 1. The molecule has 0 unspecified atom stereocenters. The molecule has 1 fully saturated rings. The topological polar surface area (TPSA) is 45.2 Å². The molecular weight excluding hydrogens is 389 g/mol. The third-order valence-corrected chi connectivity index (χ3v) is 5.93. The second-order valence-corrected chi connectivity index (χ2v) is 8.21. The molecule has 1 saturated heterocycles. The third-order valence-electron chi connectivity index (χ3n) is 5.93. The average Bonchev–Trinajstić information content (AvgIpc) is 2.79. The molecule has 1 aliphatic rings. The molecule has 4 nitrogen and oxygen atoms in total. The fourth-order valence-corrected chi connectivity index (χ4v) is 4.34. The van der Waals surface area contributed by atoms with E-state index in [9.17, 15) is 9.18 Å². The zero-order chi connectivity index (χ0) is 21.5. The Hall–Kier alpha value is -3.05. The Morgan fingerprint density at radius 2 is 1.74 bits per heavy atom. The van der Waals surface area contributed by atoms with Crippen LogP contribution in [0.15, 0.2) is 79.0 Å². The molecule has 5 heteroatoms. The van der Waals surface area contributed by atoms with Gasteiger partial charge in [-0.2, -0.15) is 0 Å². The van der Waals surface area contributed by atoms with E-state index in [1.54, 1.807) is 18.3 Å². The molecule has 0 aliphatic carbocycles. The summed E-state index contributed by atoms with van der Waals surface area (Å²) in [5.74, 6) is 0.145. The van der Waals surface area contributed by atoms with Gasteiger partial charge in [0.25, 0.3) is 0 Å². The molecule has 1 N–H and O–H groups in total. The summed E-state index contributed by atoms with van der Waals surface area (Å²) in [5, 5.41) is 3.25. The van der Waals surface area contributed by atoms with E-state index in [1.807, 2.05) is 54.6 Å². The minimum Gasteiger partial charge on any atom is -0.347 e. The fourth-order valence-electron chi connectivity index (χ4n) is 4.34. The van der Waals surface area contributed by atoms with Crippen LogP contribution in [0.2, 0.25) is 0 Å². The molecule has 1 aliphatic heterocycles. The Morgan fingerprint density at radius 1 is 1.00 bits per heavy atom. The van der Waals surface area contributed by atoms with Gasteiger partial charge in [0.1, 0.15) is 5.82 Å². The second-order valence-electron chi connectivity index (χ2n) is 8.21. The number of hydrogen-bond acceptors (Lipinski definition) is 3. The van der Waals surface area contributed by atoms with Crippen molar-refractivity contribution >= 4 is 5.91 Å². The van der Waals surface area contributed by atoms with Gasteiger partial charge in [-0.15, -0.1) is 0 Å². The Labute approximate surface area is 183 Å². The van der Waals surface area contributed by atoms with E-state index in [2.05, 4.69) is 15.2 Å². The SMILES string of the molecule is O=C(Cc1ccccc1)N[C@H](c1ccccn1)C1CCN(Cc2cccc(F)c2)CC1. The van der Waals surface area contributed by atoms with Crippen molar-refractivity contribution in [1.29, 1.82) is 0 Å². The number of carbonyl (C=O) groups excluding carboxylic acids is 1. The number of halogens is 1. The highest BCUT2D eigenvalue weighted by molar-refractivity contribution is 5.79. The number of rotatable bonds is 7. The van der Waals surface area contributed by atoms with E-state index in [0.717, 1.165) is 49.3 Å². The molecule has 2 heterocycles. The first kappa shape index (κ1) is 21.2. The van der Waals surface area contributed by atoms with Gasteiger partial charge < -0.3 is 5.32 Å². The number of hydrogen-bond donors (Lipinski definition) is 1. The lowest BCUT2D eigenvalue weighted by molar-refractivity contribution is -0.121. The van der Waals surface area contributed by atoms with E-state index in [-0.39, 0.29) is 17.8 Å². The van der Waals surface area contributed by atoms with Gasteiger partial charge >= 0.3 is 0 Å². The van der Waals surface area contributed by atoms with Crippen LogP contribution in [0, 0.1) is 11.7 Å². The fraction of sp³-hybridized carbons (Fsp3) is 0.308. The lowest BCUT2D eigenvalue weighted by Gasteiger charge is -2.36.